The Morgan fingerprint density at radius 3 is 2.30 bits per heavy atom. The number of amides is 1. The number of aryl methyl sites for hydroxylation is 2. The van der Waals surface area contributed by atoms with Crippen molar-refractivity contribution in [2.24, 2.45) is 0 Å². The van der Waals surface area contributed by atoms with E-state index in [0.29, 0.717) is 35.6 Å². The summed E-state index contributed by atoms with van der Waals surface area (Å²) < 4.78 is 11.0. The van der Waals surface area contributed by atoms with E-state index in [1.807, 2.05) is 37.3 Å². The minimum atomic E-state index is -1.04. The van der Waals surface area contributed by atoms with Crippen molar-refractivity contribution in [3.63, 3.8) is 0 Å². The van der Waals surface area contributed by atoms with Gasteiger partial charge in [-0.2, -0.15) is 0 Å². The van der Waals surface area contributed by atoms with Crippen LogP contribution < -0.4 is 10.1 Å². The van der Waals surface area contributed by atoms with Gasteiger partial charge in [-0.15, -0.1) is 0 Å². The minimum Gasteiger partial charge on any atom is -0.481 e. The second kappa shape index (κ2) is 9.73. The third kappa shape index (κ3) is 5.82. The SMILES string of the molecule is CCOC(CNC(=O)c1cc(C)c(OCC(=O)O)c(C)c1)c1ccccc1. The number of hydrogen-bond acceptors (Lipinski definition) is 4. The molecule has 144 valence electrons. The van der Waals surface area contributed by atoms with Crippen molar-refractivity contribution < 1.29 is 24.2 Å². The average Bonchev–Trinajstić information content (AvgIpc) is 2.64. The molecule has 0 fully saturated rings. The first kappa shape index (κ1) is 20.5. The van der Waals surface area contributed by atoms with Gasteiger partial charge in [-0.1, -0.05) is 30.3 Å². The summed E-state index contributed by atoms with van der Waals surface area (Å²) in [6.45, 7) is 5.97. The quantitative estimate of drug-likeness (QED) is 0.707. The second-order valence-corrected chi connectivity index (χ2v) is 6.19. The molecule has 0 radical (unpaired) electrons. The molecule has 1 atom stereocenters. The van der Waals surface area contributed by atoms with Crippen molar-refractivity contribution in [3.8, 4) is 5.75 Å². The molecule has 1 amide bonds. The number of hydrogen-bond donors (Lipinski definition) is 2. The summed E-state index contributed by atoms with van der Waals surface area (Å²) in [6, 6.07) is 13.1. The summed E-state index contributed by atoms with van der Waals surface area (Å²) in [5, 5.41) is 11.7. The zero-order valence-electron chi connectivity index (χ0n) is 15.8. The molecule has 6 nitrogen and oxygen atoms in total. The van der Waals surface area contributed by atoms with Crippen molar-refractivity contribution in [3.05, 3.63) is 64.7 Å². The number of carboxylic acid groups (broad SMARTS) is 1. The van der Waals surface area contributed by atoms with E-state index in [9.17, 15) is 9.59 Å². The molecule has 2 aromatic carbocycles. The molecule has 0 spiro atoms. The second-order valence-electron chi connectivity index (χ2n) is 6.19. The van der Waals surface area contributed by atoms with Crippen LogP contribution in [0.1, 0.15) is 40.1 Å². The van der Waals surface area contributed by atoms with E-state index in [4.69, 9.17) is 14.6 Å². The lowest BCUT2D eigenvalue weighted by atomic mass is 10.0. The lowest BCUT2D eigenvalue weighted by Gasteiger charge is -2.19. The fraction of sp³-hybridized carbons (Fsp3) is 0.333. The summed E-state index contributed by atoms with van der Waals surface area (Å²) in [5.74, 6) is -0.768. The number of rotatable bonds is 9. The Morgan fingerprint density at radius 1 is 1.11 bits per heavy atom. The van der Waals surface area contributed by atoms with Gasteiger partial charge in [0.25, 0.3) is 5.91 Å². The molecule has 0 aliphatic rings. The van der Waals surface area contributed by atoms with E-state index in [-0.39, 0.29) is 12.0 Å². The number of nitrogens with one attached hydrogen (secondary N) is 1. The normalized spacial score (nSPS) is 11.7. The Bertz CT molecular complexity index is 765. The first-order chi connectivity index (χ1) is 12.9. The van der Waals surface area contributed by atoms with Gasteiger partial charge in [0.1, 0.15) is 5.75 Å². The van der Waals surface area contributed by atoms with Crippen LogP contribution >= 0.6 is 0 Å². The molecule has 27 heavy (non-hydrogen) atoms. The van der Waals surface area contributed by atoms with Gasteiger partial charge in [-0.05, 0) is 49.6 Å². The smallest absolute Gasteiger partial charge is 0.341 e. The fourth-order valence-electron chi connectivity index (χ4n) is 2.87. The monoisotopic (exact) mass is 371 g/mol. The molecule has 0 aliphatic heterocycles. The number of carboxylic acids is 1. The van der Waals surface area contributed by atoms with Gasteiger partial charge in [-0.25, -0.2) is 4.79 Å². The third-order valence-electron chi connectivity index (χ3n) is 4.05. The first-order valence-electron chi connectivity index (χ1n) is 8.83. The van der Waals surface area contributed by atoms with Gasteiger partial charge in [0.05, 0.1) is 6.10 Å². The lowest BCUT2D eigenvalue weighted by Crippen LogP contribution is -2.29. The highest BCUT2D eigenvalue weighted by molar-refractivity contribution is 5.95. The lowest BCUT2D eigenvalue weighted by molar-refractivity contribution is -0.139. The van der Waals surface area contributed by atoms with Gasteiger partial charge < -0.3 is 19.9 Å². The highest BCUT2D eigenvalue weighted by Crippen LogP contribution is 2.25. The average molecular weight is 371 g/mol. The van der Waals surface area contributed by atoms with Crippen LogP contribution in [-0.2, 0) is 9.53 Å². The molecular formula is C21H25NO5. The summed E-state index contributed by atoms with van der Waals surface area (Å²) in [7, 11) is 0. The molecule has 0 aliphatic carbocycles. The van der Waals surface area contributed by atoms with Crippen molar-refractivity contribution in [1.29, 1.82) is 0 Å². The maximum atomic E-state index is 12.6. The Balaban J connectivity index is 2.07. The van der Waals surface area contributed by atoms with Gasteiger partial charge in [-0.3, -0.25) is 4.79 Å². The van der Waals surface area contributed by atoms with E-state index in [0.717, 1.165) is 5.56 Å². The molecule has 6 heteroatoms. The van der Waals surface area contributed by atoms with Crippen LogP contribution in [0.2, 0.25) is 0 Å². The molecule has 0 bridgehead atoms. The minimum absolute atomic E-state index is 0.216. The number of carbonyl (C=O) groups is 2. The van der Waals surface area contributed by atoms with E-state index >= 15 is 0 Å². The molecule has 2 rings (SSSR count). The van der Waals surface area contributed by atoms with Crippen molar-refractivity contribution in [1.82, 2.24) is 5.32 Å². The first-order valence-corrected chi connectivity index (χ1v) is 8.83. The third-order valence-corrected chi connectivity index (χ3v) is 4.05. The highest BCUT2D eigenvalue weighted by Gasteiger charge is 2.16. The van der Waals surface area contributed by atoms with Crippen LogP contribution in [0.5, 0.6) is 5.75 Å². The molecule has 0 aromatic heterocycles. The maximum Gasteiger partial charge on any atom is 0.341 e. The molecule has 0 saturated heterocycles. The standard InChI is InChI=1S/C21H25NO5/c1-4-26-18(16-8-6-5-7-9-16)12-22-21(25)17-10-14(2)20(15(3)11-17)27-13-19(23)24/h5-11,18H,4,12-13H2,1-3H3,(H,22,25)(H,23,24). The van der Waals surface area contributed by atoms with Gasteiger partial charge >= 0.3 is 5.97 Å². The zero-order valence-corrected chi connectivity index (χ0v) is 15.8. The number of ether oxygens (including phenoxy) is 2. The highest BCUT2D eigenvalue weighted by atomic mass is 16.5. The summed E-state index contributed by atoms with van der Waals surface area (Å²) in [5.41, 5.74) is 2.93. The molecular weight excluding hydrogens is 346 g/mol. The van der Waals surface area contributed by atoms with Crippen molar-refractivity contribution in [2.45, 2.75) is 26.9 Å². The Labute approximate surface area is 159 Å². The summed E-state index contributed by atoms with van der Waals surface area (Å²) in [6.07, 6.45) is -0.222. The molecule has 2 aromatic rings. The molecule has 0 saturated carbocycles. The topological polar surface area (TPSA) is 84.9 Å². The van der Waals surface area contributed by atoms with Crippen LogP contribution in [0.15, 0.2) is 42.5 Å². The molecule has 0 heterocycles. The van der Waals surface area contributed by atoms with Crippen LogP contribution in [0.3, 0.4) is 0 Å². The molecule has 1 unspecified atom stereocenters. The predicted octanol–water partition coefficient (Wildman–Crippen LogP) is 3.27. The Morgan fingerprint density at radius 2 is 1.74 bits per heavy atom. The van der Waals surface area contributed by atoms with Crippen LogP contribution in [0.4, 0.5) is 0 Å². The van der Waals surface area contributed by atoms with Crippen LogP contribution in [0.25, 0.3) is 0 Å². The maximum absolute atomic E-state index is 12.6. The van der Waals surface area contributed by atoms with E-state index in [1.54, 1.807) is 26.0 Å². The van der Waals surface area contributed by atoms with Crippen LogP contribution in [-0.4, -0.2) is 36.7 Å². The summed E-state index contributed by atoms with van der Waals surface area (Å²) >= 11 is 0. The van der Waals surface area contributed by atoms with E-state index in [2.05, 4.69) is 5.32 Å². The van der Waals surface area contributed by atoms with Crippen molar-refractivity contribution in [2.75, 3.05) is 19.8 Å². The van der Waals surface area contributed by atoms with Crippen LogP contribution in [0, 0.1) is 13.8 Å². The van der Waals surface area contributed by atoms with E-state index in [1.165, 1.54) is 0 Å². The summed E-state index contributed by atoms with van der Waals surface area (Å²) in [4.78, 5) is 23.3. The zero-order chi connectivity index (χ0) is 19.8. The van der Waals surface area contributed by atoms with Gasteiger partial charge in [0.2, 0.25) is 0 Å². The van der Waals surface area contributed by atoms with Gasteiger partial charge in [0, 0.05) is 18.7 Å². The van der Waals surface area contributed by atoms with Crippen molar-refractivity contribution >= 4 is 11.9 Å². The predicted molar refractivity (Wildman–Crippen MR) is 102 cm³/mol. The Kier molecular flexibility index (Phi) is 7.37. The van der Waals surface area contributed by atoms with E-state index < -0.39 is 12.6 Å². The number of aliphatic carboxylic acids is 1. The fourth-order valence-corrected chi connectivity index (χ4v) is 2.87. The Hall–Kier alpha value is -2.86. The van der Waals surface area contributed by atoms with Gasteiger partial charge in [0.15, 0.2) is 6.61 Å². The largest absolute Gasteiger partial charge is 0.481 e. The number of carbonyl (C=O) groups excluding carboxylic acids is 1. The number of benzene rings is 2. The molecule has 2 N–H and O–H groups in total.